The third-order valence-corrected chi connectivity index (χ3v) is 11.6. The number of sulfonamides is 1. The predicted octanol–water partition coefficient (Wildman–Crippen LogP) is 4.08. The molecule has 3 fully saturated rings. The molecule has 1 aromatic carbocycles. The van der Waals surface area contributed by atoms with E-state index in [1.807, 2.05) is 6.92 Å². The van der Waals surface area contributed by atoms with Crippen molar-refractivity contribution in [2.75, 3.05) is 13.7 Å². The lowest BCUT2D eigenvalue weighted by molar-refractivity contribution is -0.143. The van der Waals surface area contributed by atoms with Gasteiger partial charge in [0.2, 0.25) is 21.8 Å². The number of likely N-dealkylation sites (tertiary alicyclic amines) is 1. The first-order valence-electron chi connectivity index (χ1n) is 17.2. The van der Waals surface area contributed by atoms with Crippen LogP contribution < -0.4 is 24.8 Å². The van der Waals surface area contributed by atoms with Crippen molar-refractivity contribution in [2.24, 2.45) is 11.3 Å². The number of fused-ring (bicyclic) bond motifs is 1. The monoisotopic (exact) mass is 749 g/mol. The number of hydrogen-bond donors (Lipinski definition) is 3. The van der Waals surface area contributed by atoms with Gasteiger partial charge in [-0.3, -0.25) is 19.1 Å². The summed E-state index contributed by atoms with van der Waals surface area (Å²) in [7, 11) is -2.39. The maximum absolute atomic E-state index is 14.5. The molecule has 2 heterocycles. The number of aromatic nitrogens is 1. The average molecular weight is 750 g/mol. The van der Waals surface area contributed by atoms with Crippen LogP contribution in [-0.2, 0) is 29.1 Å². The van der Waals surface area contributed by atoms with Gasteiger partial charge in [-0.25, -0.2) is 18.2 Å². The average Bonchev–Trinajstić information content (AvgIpc) is 3.95. The number of nitrogens with zero attached hydrogens (tertiary/aromatic N) is 2. The summed E-state index contributed by atoms with van der Waals surface area (Å²) in [6, 6.07) is 2.94. The van der Waals surface area contributed by atoms with Crippen LogP contribution in [0.15, 0.2) is 24.4 Å². The second-order valence-electron chi connectivity index (χ2n) is 15.7. The Morgan fingerprint density at radius 2 is 1.78 bits per heavy atom. The zero-order valence-corrected chi connectivity index (χ0v) is 31.9. The van der Waals surface area contributed by atoms with E-state index in [4.69, 9.17) is 25.8 Å². The molecule has 0 bridgehead atoms. The molecule has 4 amide bonds. The maximum atomic E-state index is 14.5. The fourth-order valence-electron chi connectivity index (χ4n) is 6.49. The number of rotatable bonds is 11. The molecule has 1 saturated heterocycles. The molecule has 14 nitrogen and oxygen atoms in total. The smallest absolute Gasteiger partial charge is 0.408 e. The van der Waals surface area contributed by atoms with Crippen molar-refractivity contribution in [3.05, 3.63) is 29.5 Å². The van der Waals surface area contributed by atoms with E-state index in [0.717, 1.165) is 5.39 Å². The summed E-state index contributed by atoms with van der Waals surface area (Å²) in [6.45, 7) is 12.2. The van der Waals surface area contributed by atoms with E-state index >= 15 is 0 Å². The maximum Gasteiger partial charge on any atom is 0.408 e. The number of pyridine rings is 1. The summed E-state index contributed by atoms with van der Waals surface area (Å²) >= 11 is 6.38. The Balaban J connectivity index is 1.46. The van der Waals surface area contributed by atoms with Gasteiger partial charge in [0.1, 0.15) is 34.5 Å². The molecule has 51 heavy (non-hydrogen) atoms. The van der Waals surface area contributed by atoms with Crippen molar-refractivity contribution in [1.82, 2.24) is 25.2 Å². The van der Waals surface area contributed by atoms with Crippen LogP contribution in [0.1, 0.15) is 80.6 Å². The second-order valence-corrected chi connectivity index (χ2v) is 18.0. The van der Waals surface area contributed by atoms with Crippen LogP contribution in [0, 0.1) is 11.3 Å². The molecule has 5 rings (SSSR count). The third kappa shape index (κ3) is 8.45. The minimum atomic E-state index is -3.87. The number of carbonyl (C=O) groups excluding carboxylic acids is 4. The summed E-state index contributed by atoms with van der Waals surface area (Å²) in [5.74, 6) is -1.59. The quantitative estimate of drug-likeness (QED) is 0.283. The second kappa shape index (κ2) is 13.9. The van der Waals surface area contributed by atoms with Gasteiger partial charge in [-0.2, -0.15) is 0 Å². The number of ether oxygens (including phenoxy) is 3. The van der Waals surface area contributed by atoms with Gasteiger partial charge in [0.25, 0.3) is 5.91 Å². The van der Waals surface area contributed by atoms with Crippen LogP contribution in [0.4, 0.5) is 4.79 Å². The number of carbonyl (C=O) groups is 4. The molecule has 1 aliphatic heterocycles. The minimum Gasteiger partial charge on any atom is -0.493 e. The molecule has 1 aromatic heterocycles. The van der Waals surface area contributed by atoms with E-state index in [0.29, 0.717) is 36.1 Å². The van der Waals surface area contributed by atoms with Crippen LogP contribution in [0.2, 0.25) is 5.15 Å². The van der Waals surface area contributed by atoms with E-state index in [-0.39, 0.29) is 30.5 Å². The summed E-state index contributed by atoms with van der Waals surface area (Å²) in [6.07, 6.45) is 1.74. The normalized spacial score (nSPS) is 24.0. The summed E-state index contributed by atoms with van der Waals surface area (Å²) in [5, 5.41) is 6.54. The van der Waals surface area contributed by atoms with E-state index in [2.05, 4.69) is 20.3 Å². The van der Waals surface area contributed by atoms with Gasteiger partial charge in [0.05, 0.1) is 18.9 Å². The van der Waals surface area contributed by atoms with Crippen LogP contribution in [0.25, 0.3) is 10.8 Å². The van der Waals surface area contributed by atoms with E-state index in [1.54, 1.807) is 65.9 Å². The van der Waals surface area contributed by atoms with Crippen LogP contribution in [0.5, 0.6) is 11.5 Å². The molecule has 0 spiro atoms. The van der Waals surface area contributed by atoms with Crippen LogP contribution in [-0.4, -0.2) is 90.3 Å². The number of alkyl carbamates (subject to hydrolysis) is 1. The minimum absolute atomic E-state index is 0.0116. The van der Waals surface area contributed by atoms with Crippen molar-refractivity contribution < 1.29 is 41.8 Å². The van der Waals surface area contributed by atoms with Gasteiger partial charge in [0.15, 0.2) is 11.5 Å². The van der Waals surface area contributed by atoms with Gasteiger partial charge in [-0.05, 0) is 75.0 Å². The van der Waals surface area contributed by atoms with Crippen molar-refractivity contribution in [1.29, 1.82) is 0 Å². The first kappa shape index (κ1) is 38.4. The fourth-order valence-corrected chi connectivity index (χ4v) is 8.07. The SMILES string of the molecule is CC[C@@H]1C[C@]1(NC(=O)[C@@H]1C[C@@H](Oc2cc3c(Cl)nccc3cc2OC)CN1C(=O)[C@@H](NC(=O)OC(C)(C)C)C(C)(C)C)C(=O)NS(=O)(=O)C1CC1. The van der Waals surface area contributed by atoms with Gasteiger partial charge in [-0.1, -0.05) is 45.7 Å². The van der Waals surface area contributed by atoms with E-state index in [1.165, 1.54) is 12.0 Å². The fraction of sp³-hybridized carbons (Fsp3) is 0.629. The van der Waals surface area contributed by atoms with Gasteiger partial charge >= 0.3 is 6.09 Å². The molecule has 2 aromatic rings. The zero-order chi connectivity index (χ0) is 37.7. The zero-order valence-electron chi connectivity index (χ0n) is 30.3. The van der Waals surface area contributed by atoms with Crippen LogP contribution in [0.3, 0.4) is 0 Å². The molecular formula is C35H48ClN5O9S. The first-order chi connectivity index (χ1) is 23.7. The summed E-state index contributed by atoms with van der Waals surface area (Å²) < 4.78 is 45.0. The van der Waals surface area contributed by atoms with Crippen molar-refractivity contribution in [2.45, 2.75) is 115 Å². The number of methoxy groups -OCH3 is 1. The van der Waals surface area contributed by atoms with Gasteiger partial charge in [-0.15, -0.1) is 0 Å². The van der Waals surface area contributed by atoms with E-state index in [9.17, 15) is 27.6 Å². The van der Waals surface area contributed by atoms with Gasteiger partial charge in [0, 0.05) is 18.0 Å². The standard InChI is InChI=1S/C35H48ClN5O9S/c1-9-20-17-35(20,31(44)40-51(46,47)22-10-11-22)39-29(42)24-15-21(49-26-16-23-19(14-25(26)48-8)12-13-37-28(23)36)18-41(24)30(43)27(33(2,3)4)38-32(45)50-34(5,6)7/h12-14,16,20-22,24,27H,9-11,15,17-18H2,1-8H3,(H,38,45)(H,39,42)(H,40,44)/t20-,21-,24+,27-,35-/m1/s1. The topological polar surface area (TPSA) is 182 Å². The molecular weight excluding hydrogens is 702 g/mol. The lowest BCUT2D eigenvalue weighted by Gasteiger charge is -2.36. The molecule has 3 aliphatic rings. The van der Waals surface area contributed by atoms with Crippen LogP contribution >= 0.6 is 11.6 Å². The Kier molecular flexibility index (Phi) is 10.5. The van der Waals surface area contributed by atoms with E-state index < -0.39 is 73.8 Å². The Hall–Kier alpha value is -3.85. The number of benzene rings is 1. The molecule has 0 unspecified atom stereocenters. The van der Waals surface area contributed by atoms with Gasteiger partial charge < -0.3 is 29.7 Å². The van der Waals surface area contributed by atoms with Crippen molar-refractivity contribution in [3.8, 4) is 11.5 Å². The number of hydrogen-bond acceptors (Lipinski definition) is 10. The molecule has 2 saturated carbocycles. The molecule has 0 radical (unpaired) electrons. The molecule has 3 N–H and O–H groups in total. The highest BCUT2D eigenvalue weighted by molar-refractivity contribution is 7.91. The molecule has 5 atom stereocenters. The first-order valence-corrected chi connectivity index (χ1v) is 19.1. The summed E-state index contributed by atoms with van der Waals surface area (Å²) in [4.78, 5) is 60.6. The Morgan fingerprint density at radius 3 is 2.35 bits per heavy atom. The largest absolute Gasteiger partial charge is 0.493 e. The number of amides is 4. The van der Waals surface area contributed by atoms with Crippen molar-refractivity contribution >= 4 is 56.2 Å². The molecule has 280 valence electrons. The summed E-state index contributed by atoms with van der Waals surface area (Å²) in [5.41, 5.74) is -3.10. The van der Waals surface area contributed by atoms with Crippen molar-refractivity contribution in [3.63, 3.8) is 0 Å². The highest BCUT2D eigenvalue weighted by Crippen LogP contribution is 2.47. The highest BCUT2D eigenvalue weighted by Gasteiger charge is 2.62. The number of halogens is 1. The number of nitrogens with one attached hydrogen (secondary N) is 3. The highest BCUT2D eigenvalue weighted by atomic mass is 35.5. The Labute approximate surface area is 303 Å². The third-order valence-electron chi connectivity index (χ3n) is 9.46. The molecule has 2 aliphatic carbocycles. The lowest BCUT2D eigenvalue weighted by Crippen LogP contribution is -2.60. The lowest BCUT2D eigenvalue weighted by atomic mass is 9.85. The Morgan fingerprint density at radius 1 is 1.10 bits per heavy atom. The Bertz CT molecular complexity index is 1820. The predicted molar refractivity (Wildman–Crippen MR) is 190 cm³/mol. The molecule has 16 heteroatoms.